The van der Waals surface area contributed by atoms with Gasteiger partial charge in [-0.3, -0.25) is 9.97 Å². The molecular formula is C32H34N8O2. The van der Waals surface area contributed by atoms with E-state index in [1.807, 2.05) is 100 Å². The van der Waals surface area contributed by atoms with Crippen molar-refractivity contribution < 1.29 is 9.59 Å². The lowest BCUT2D eigenvalue weighted by atomic mass is 10.1. The van der Waals surface area contributed by atoms with Gasteiger partial charge in [0, 0.05) is 84.5 Å². The van der Waals surface area contributed by atoms with Crippen LogP contribution in [0.2, 0.25) is 0 Å². The van der Waals surface area contributed by atoms with Crippen molar-refractivity contribution in [1.82, 2.24) is 9.97 Å². The molecule has 0 saturated carbocycles. The van der Waals surface area contributed by atoms with E-state index in [0.717, 1.165) is 44.6 Å². The molecule has 4 amide bonds. The SMILES string of the molecule is Cc1cc(N(C)C)c2cc(NC(=O)Nc3ccc(NC(=O)Nc4ccc5nc(C)cc(N(C)C)c5c4)cc3)ccc2n1. The van der Waals surface area contributed by atoms with Crippen molar-refractivity contribution in [3.05, 3.63) is 84.2 Å². The number of hydrogen-bond acceptors (Lipinski definition) is 6. The molecule has 214 valence electrons. The Kier molecular flexibility index (Phi) is 7.79. The van der Waals surface area contributed by atoms with Gasteiger partial charge in [-0.25, -0.2) is 9.59 Å². The molecule has 5 rings (SSSR count). The topological polar surface area (TPSA) is 115 Å². The summed E-state index contributed by atoms with van der Waals surface area (Å²) in [4.78, 5) is 38.6. The predicted octanol–water partition coefficient (Wildman–Crippen LogP) is 6.82. The van der Waals surface area contributed by atoms with Gasteiger partial charge in [0.15, 0.2) is 0 Å². The molecule has 2 heterocycles. The number of hydrogen-bond donors (Lipinski definition) is 4. The largest absolute Gasteiger partial charge is 0.377 e. The minimum absolute atomic E-state index is 0.377. The van der Waals surface area contributed by atoms with Gasteiger partial charge in [-0.1, -0.05) is 0 Å². The van der Waals surface area contributed by atoms with Crippen LogP contribution in [0, 0.1) is 13.8 Å². The highest BCUT2D eigenvalue weighted by molar-refractivity contribution is 6.04. The third kappa shape index (κ3) is 6.33. The highest BCUT2D eigenvalue weighted by Crippen LogP contribution is 2.29. The molecule has 0 aliphatic heterocycles. The standard InChI is InChI=1S/C32H34N8O2/c1-19-15-29(39(3)4)25-17-23(11-13-27(25)33-19)37-31(41)35-21-7-9-22(10-8-21)36-32(42)38-24-12-14-28-26(18-24)30(40(5)6)16-20(2)34-28/h7-18H,1-6H3,(H2,35,37,41)(H2,36,38,42). The zero-order chi connectivity index (χ0) is 30.0. The maximum Gasteiger partial charge on any atom is 0.323 e. The molecule has 0 bridgehead atoms. The summed E-state index contributed by atoms with van der Waals surface area (Å²) < 4.78 is 0. The number of amides is 4. The molecule has 42 heavy (non-hydrogen) atoms. The number of carbonyl (C=O) groups excluding carboxylic acids is 2. The number of nitrogens with one attached hydrogen (secondary N) is 4. The Morgan fingerprint density at radius 2 is 0.857 bits per heavy atom. The van der Waals surface area contributed by atoms with Gasteiger partial charge in [0.2, 0.25) is 0 Å². The summed E-state index contributed by atoms with van der Waals surface area (Å²) in [5.41, 5.74) is 8.12. The maximum absolute atomic E-state index is 12.7. The van der Waals surface area contributed by atoms with Crippen molar-refractivity contribution in [2.45, 2.75) is 13.8 Å². The monoisotopic (exact) mass is 562 g/mol. The van der Waals surface area contributed by atoms with Gasteiger partial charge in [-0.05, 0) is 86.6 Å². The summed E-state index contributed by atoms with van der Waals surface area (Å²) in [6.07, 6.45) is 0. The van der Waals surface area contributed by atoms with Gasteiger partial charge in [-0.15, -0.1) is 0 Å². The Morgan fingerprint density at radius 1 is 0.524 bits per heavy atom. The lowest BCUT2D eigenvalue weighted by Crippen LogP contribution is -2.20. The molecule has 5 aromatic rings. The van der Waals surface area contributed by atoms with Crippen LogP contribution in [-0.4, -0.2) is 50.2 Å². The van der Waals surface area contributed by atoms with Gasteiger partial charge in [-0.2, -0.15) is 0 Å². The van der Waals surface area contributed by atoms with E-state index in [9.17, 15) is 9.59 Å². The van der Waals surface area contributed by atoms with E-state index in [4.69, 9.17) is 0 Å². The van der Waals surface area contributed by atoms with Crippen LogP contribution >= 0.6 is 0 Å². The Labute approximate surface area is 244 Å². The molecule has 0 radical (unpaired) electrons. The molecule has 10 heteroatoms. The van der Waals surface area contributed by atoms with Crippen LogP contribution in [0.25, 0.3) is 21.8 Å². The van der Waals surface area contributed by atoms with Crippen molar-refractivity contribution >= 4 is 68.0 Å². The van der Waals surface area contributed by atoms with Crippen molar-refractivity contribution in [3.8, 4) is 0 Å². The molecule has 0 aliphatic rings. The zero-order valence-corrected chi connectivity index (χ0v) is 24.5. The van der Waals surface area contributed by atoms with Crippen LogP contribution in [0.4, 0.5) is 43.7 Å². The van der Waals surface area contributed by atoms with Crippen LogP contribution in [0.5, 0.6) is 0 Å². The van der Waals surface area contributed by atoms with Crippen molar-refractivity contribution in [1.29, 1.82) is 0 Å². The average molecular weight is 563 g/mol. The number of urea groups is 2. The number of pyridine rings is 2. The second-order valence-electron chi connectivity index (χ2n) is 10.6. The van der Waals surface area contributed by atoms with Crippen molar-refractivity contribution in [3.63, 3.8) is 0 Å². The van der Waals surface area contributed by atoms with Crippen LogP contribution in [0.3, 0.4) is 0 Å². The Morgan fingerprint density at radius 3 is 1.21 bits per heavy atom. The van der Waals surface area contributed by atoms with Crippen LogP contribution in [-0.2, 0) is 0 Å². The molecule has 0 atom stereocenters. The average Bonchev–Trinajstić information content (AvgIpc) is 2.93. The number of benzene rings is 3. The fourth-order valence-electron chi connectivity index (χ4n) is 4.79. The Hall–Kier alpha value is -5.38. The van der Waals surface area contributed by atoms with Crippen LogP contribution in [0.15, 0.2) is 72.8 Å². The van der Waals surface area contributed by atoms with Gasteiger partial charge in [0.25, 0.3) is 0 Å². The summed E-state index contributed by atoms with van der Waals surface area (Å²) in [5.74, 6) is 0. The van der Waals surface area contributed by atoms with Gasteiger partial charge >= 0.3 is 12.1 Å². The number of aromatic nitrogens is 2. The van der Waals surface area contributed by atoms with E-state index >= 15 is 0 Å². The number of nitrogens with zero attached hydrogens (tertiary/aromatic N) is 4. The minimum Gasteiger partial charge on any atom is -0.377 e. The highest BCUT2D eigenvalue weighted by Gasteiger charge is 2.11. The smallest absolute Gasteiger partial charge is 0.323 e. The van der Waals surface area contributed by atoms with E-state index in [-0.39, 0.29) is 12.1 Å². The molecule has 0 unspecified atom stereocenters. The molecule has 10 nitrogen and oxygen atoms in total. The van der Waals surface area contributed by atoms with Gasteiger partial charge < -0.3 is 31.1 Å². The maximum atomic E-state index is 12.7. The zero-order valence-electron chi connectivity index (χ0n) is 24.5. The van der Waals surface area contributed by atoms with E-state index in [2.05, 4.69) is 31.2 Å². The number of rotatable bonds is 6. The van der Waals surface area contributed by atoms with Gasteiger partial charge in [0.05, 0.1) is 11.0 Å². The molecule has 0 aliphatic carbocycles. The normalized spacial score (nSPS) is 10.8. The molecule has 0 fully saturated rings. The molecule has 2 aromatic heterocycles. The first-order chi connectivity index (χ1) is 20.0. The number of aryl methyl sites for hydroxylation is 2. The first kappa shape index (κ1) is 28.2. The molecule has 0 saturated heterocycles. The lowest BCUT2D eigenvalue weighted by Gasteiger charge is -2.17. The second-order valence-corrected chi connectivity index (χ2v) is 10.6. The fourth-order valence-corrected chi connectivity index (χ4v) is 4.79. The van der Waals surface area contributed by atoms with E-state index in [1.54, 1.807) is 24.3 Å². The summed E-state index contributed by atoms with van der Waals surface area (Å²) in [5, 5.41) is 13.3. The Bertz CT molecular complexity index is 1670. The van der Waals surface area contributed by atoms with E-state index in [0.29, 0.717) is 22.7 Å². The van der Waals surface area contributed by atoms with Gasteiger partial charge in [0.1, 0.15) is 0 Å². The van der Waals surface area contributed by atoms with Crippen LogP contribution in [0.1, 0.15) is 11.4 Å². The summed E-state index contributed by atoms with van der Waals surface area (Å²) >= 11 is 0. The molecule has 3 aromatic carbocycles. The molecule has 0 spiro atoms. The predicted molar refractivity (Wildman–Crippen MR) is 173 cm³/mol. The first-order valence-electron chi connectivity index (χ1n) is 13.5. The van der Waals surface area contributed by atoms with Crippen molar-refractivity contribution in [2.24, 2.45) is 0 Å². The lowest BCUT2D eigenvalue weighted by molar-refractivity contribution is 0.261. The van der Waals surface area contributed by atoms with E-state index < -0.39 is 0 Å². The van der Waals surface area contributed by atoms with E-state index in [1.165, 1.54) is 0 Å². The third-order valence-corrected chi connectivity index (χ3v) is 6.71. The summed E-state index contributed by atoms with van der Waals surface area (Å²) in [6.45, 7) is 3.92. The highest BCUT2D eigenvalue weighted by atomic mass is 16.2. The van der Waals surface area contributed by atoms with Crippen LogP contribution < -0.4 is 31.1 Å². The number of carbonyl (C=O) groups is 2. The fraction of sp³-hybridized carbons (Fsp3) is 0.188. The third-order valence-electron chi connectivity index (χ3n) is 6.71. The minimum atomic E-state index is -0.377. The number of anilines is 6. The summed E-state index contributed by atoms with van der Waals surface area (Å²) in [7, 11) is 7.91. The summed E-state index contributed by atoms with van der Waals surface area (Å²) in [6, 6.07) is 21.4. The first-order valence-corrected chi connectivity index (χ1v) is 13.5. The van der Waals surface area contributed by atoms with Crippen molar-refractivity contribution in [2.75, 3.05) is 59.3 Å². The molecule has 4 N–H and O–H groups in total. The second kappa shape index (κ2) is 11.6. The Balaban J connectivity index is 1.20. The molecular weight excluding hydrogens is 528 g/mol. The quantitative estimate of drug-likeness (QED) is 0.181. The number of fused-ring (bicyclic) bond motifs is 2.